The molecule has 17 heavy (non-hydrogen) atoms. The summed E-state index contributed by atoms with van der Waals surface area (Å²) in [6.45, 7) is 0. The average molecular weight is 246 g/mol. The van der Waals surface area contributed by atoms with Crippen LogP contribution in [-0.4, -0.2) is 16.4 Å². The summed E-state index contributed by atoms with van der Waals surface area (Å²) < 4.78 is 0. The third kappa shape index (κ3) is 2.51. The predicted octanol–water partition coefficient (Wildman–Crippen LogP) is -0.207. The normalized spacial score (nSPS) is 10.8. The molecule has 2 rings (SSSR count). The summed E-state index contributed by atoms with van der Waals surface area (Å²) in [5.74, 6) is 0.195. The molecule has 0 unspecified atom stereocenters. The number of fused-ring (bicyclic) bond motifs is 1. The molecular formula is C12H12N3OS+. The lowest BCUT2D eigenvalue weighted by molar-refractivity contribution is -0.499. The molecule has 0 saturated heterocycles. The maximum Gasteiger partial charge on any atom is 0.221 e. The van der Waals surface area contributed by atoms with Gasteiger partial charge in [0.1, 0.15) is 5.75 Å². The Hall–Kier alpha value is -2.14. The minimum Gasteiger partial charge on any atom is -0.507 e. The SMILES string of the molecule is NC(=S)N/[NH+]=C/c1c(O)ccc2ccccc12. The second-order valence-corrected chi connectivity index (χ2v) is 3.94. The van der Waals surface area contributed by atoms with Gasteiger partial charge in [0.15, 0.2) is 0 Å². The Morgan fingerprint density at radius 2 is 2.06 bits per heavy atom. The molecule has 2 aromatic carbocycles. The number of rotatable bonds is 2. The van der Waals surface area contributed by atoms with E-state index in [4.69, 9.17) is 5.73 Å². The Kier molecular flexibility index (Phi) is 3.20. The molecule has 0 radical (unpaired) electrons. The molecule has 0 aliphatic heterocycles. The first-order chi connectivity index (χ1) is 8.18. The monoisotopic (exact) mass is 246 g/mol. The molecule has 0 bridgehead atoms. The second-order valence-electron chi connectivity index (χ2n) is 3.50. The lowest BCUT2D eigenvalue weighted by atomic mass is 10.0. The molecule has 0 aliphatic carbocycles. The molecule has 0 heterocycles. The van der Waals surface area contributed by atoms with Gasteiger partial charge in [-0.15, -0.1) is 10.5 Å². The van der Waals surface area contributed by atoms with Gasteiger partial charge in [-0.2, -0.15) is 0 Å². The van der Waals surface area contributed by atoms with Crippen molar-refractivity contribution in [3.05, 3.63) is 42.0 Å². The van der Waals surface area contributed by atoms with Crippen molar-refractivity contribution in [3.8, 4) is 5.75 Å². The molecule has 0 saturated carbocycles. The summed E-state index contributed by atoms with van der Waals surface area (Å²) in [7, 11) is 0. The van der Waals surface area contributed by atoms with Crippen molar-refractivity contribution in [2.24, 2.45) is 5.73 Å². The van der Waals surface area contributed by atoms with E-state index in [1.165, 1.54) is 0 Å². The van der Waals surface area contributed by atoms with Crippen LogP contribution in [0, 0.1) is 0 Å². The van der Waals surface area contributed by atoms with E-state index in [1.807, 2.05) is 30.3 Å². The van der Waals surface area contributed by atoms with E-state index in [-0.39, 0.29) is 10.9 Å². The largest absolute Gasteiger partial charge is 0.507 e. The van der Waals surface area contributed by atoms with Crippen molar-refractivity contribution < 1.29 is 10.2 Å². The van der Waals surface area contributed by atoms with E-state index in [2.05, 4.69) is 22.7 Å². The first kappa shape index (κ1) is 11.3. The number of thiocarbonyl (C=S) groups is 1. The molecule has 0 spiro atoms. The fourth-order valence-corrected chi connectivity index (χ4v) is 1.67. The lowest BCUT2D eigenvalue weighted by Gasteiger charge is -2.02. The van der Waals surface area contributed by atoms with Crippen LogP contribution in [0.5, 0.6) is 5.75 Å². The zero-order valence-electron chi connectivity index (χ0n) is 8.97. The number of benzene rings is 2. The van der Waals surface area contributed by atoms with Crippen LogP contribution in [0.4, 0.5) is 0 Å². The quantitative estimate of drug-likeness (QED) is 0.336. The number of nitrogens with one attached hydrogen (secondary N) is 2. The zero-order valence-corrected chi connectivity index (χ0v) is 9.79. The Morgan fingerprint density at radius 3 is 2.82 bits per heavy atom. The average Bonchev–Trinajstić information content (AvgIpc) is 2.32. The summed E-state index contributed by atoms with van der Waals surface area (Å²) >= 11 is 4.66. The van der Waals surface area contributed by atoms with Gasteiger partial charge in [-0.1, -0.05) is 30.3 Å². The first-order valence-electron chi connectivity index (χ1n) is 5.03. The van der Waals surface area contributed by atoms with Gasteiger partial charge in [0.25, 0.3) is 0 Å². The van der Waals surface area contributed by atoms with Gasteiger partial charge in [0.2, 0.25) is 11.3 Å². The number of hydrazone groups is 1. The number of phenols is 1. The highest BCUT2D eigenvalue weighted by Crippen LogP contribution is 2.24. The van der Waals surface area contributed by atoms with Gasteiger partial charge >= 0.3 is 0 Å². The van der Waals surface area contributed by atoms with Crippen LogP contribution in [0.3, 0.4) is 0 Å². The smallest absolute Gasteiger partial charge is 0.221 e. The number of phenolic OH excluding ortho intramolecular Hbond substituents is 1. The van der Waals surface area contributed by atoms with Crippen molar-refractivity contribution in [2.45, 2.75) is 0 Å². The molecule has 2 aromatic rings. The van der Waals surface area contributed by atoms with E-state index < -0.39 is 0 Å². The third-order valence-corrected chi connectivity index (χ3v) is 2.46. The fraction of sp³-hybridized carbons (Fsp3) is 0. The van der Waals surface area contributed by atoms with Crippen LogP contribution in [0.1, 0.15) is 5.56 Å². The Balaban J connectivity index is 2.47. The molecule has 86 valence electrons. The predicted molar refractivity (Wildman–Crippen MR) is 71.7 cm³/mol. The van der Waals surface area contributed by atoms with Crippen LogP contribution in [-0.2, 0) is 0 Å². The Morgan fingerprint density at radius 1 is 1.29 bits per heavy atom. The summed E-state index contributed by atoms with van der Waals surface area (Å²) in [6, 6.07) is 11.3. The molecule has 0 atom stereocenters. The molecule has 5 N–H and O–H groups in total. The summed E-state index contributed by atoms with van der Waals surface area (Å²) in [5, 5.41) is 14.7. The van der Waals surface area contributed by atoms with Crippen LogP contribution in [0.2, 0.25) is 0 Å². The highest BCUT2D eigenvalue weighted by molar-refractivity contribution is 7.80. The van der Waals surface area contributed by atoms with Crippen molar-refractivity contribution in [2.75, 3.05) is 0 Å². The maximum atomic E-state index is 9.81. The minimum atomic E-state index is 0.140. The van der Waals surface area contributed by atoms with Gasteiger partial charge in [0.05, 0.1) is 5.56 Å². The van der Waals surface area contributed by atoms with Crippen LogP contribution in [0.25, 0.3) is 10.8 Å². The van der Waals surface area contributed by atoms with Gasteiger partial charge in [-0.25, -0.2) is 0 Å². The van der Waals surface area contributed by atoms with Gasteiger partial charge in [-0.05, 0) is 29.1 Å². The van der Waals surface area contributed by atoms with Crippen molar-refractivity contribution in [1.82, 2.24) is 5.43 Å². The Bertz CT molecular complexity index is 595. The maximum absolute atomic E-state index is 9.81. The fourth-order valence-electron chi connectivity index (χ4n) is 1.62. The standard InChI is InChI=1S/C12H11N3OS/c13-12(17)15-14-7-10-9-4-2-1-3-8(9)5-6-11(10)16/h1-7,16H,(H3,13,15,17)/p+1/b14-7+. The van der Waals surface area contributed by atoms with Crippen molar-refractivity contribution in [1.29, 1.82) is 0 Å². The summed E-state index contributed by atoms with van der Waals surface area (Å²) in [4.78, 5) is 0. The van der Waals surface area contributed by atoms with E-state index in [1.54, 1.807) is 12.3 Å². The second kappa shape index (κ2) is 4.80. The zero-order chi connectivity index (χ0) is 12.3. The van der Waals surface area contributed by atoms with Crippen molar-refractivity contribution >= 4 is 34.3 Å². The molecule has 0 aliphatic rings. The lowest BCUT2D eigenvalue weighted by Crippen LogP contribution is -2.82. The van der Waals surface area contributed by atoms with Gasteiger partial charge in [-0.3, -0.25) is 0 Å². The van der Waals surface area contributed by atoms with E-state index >= 15 is 0 Å². The van der Waals surface area contributed by atoms with E-state index in [9.17, 15) is 5.11 Å². The molecule has 4 nitrogen and oxygen atoms in total. The highest BCUT2D eigenvalue weighted by atomic mass is 32.1. The van der Waals surface area contributed by atoms with Crippen molar-refractivity contribution in [3.63, 3.8) is 0 Å². The molecule has 5 heteroatoms. The Labute approximate surface area is 104 Å². The topological polar surface area (TPSA) is 72.2 Å². The van der Waals surface area contributed by atoms with Gasteiger partial charge < -0.3 is 10.8 Å². The number of nitrogens with two attached hydrogens (primary N) is 1. The van der Waals surface area contributed by atoms with Crippen LogP contribution >= 0.6 is 12.2 Å². The number of hydrogen-bond acceptors (Lipinski definition) is 2. The summed E-state index contributed by atoms with van der Waals surface area (Å²) in [6.07, 6.45) is 1.62. The van der Waals surface area contributed by atoms with Crippen LogP contribution in [0.15, 0.2) is 36.4 Å². The molecule has 0 fully saturated rings. The highest BCUT2D eigenvalue weighted by Gasteiger charge is 2.06. The number of hydrazine groups is 1. The summed E-state index contributed by atoms with van der Waals surface area (Å²) in [5.41, 5.74) is 8.55. The minimum absolute atomic E-state index is 0.140. The first-order valence-corrected chi connectivity index (χ1v) is 5.44. The van der Waals surface area contributed by atoms with E-state index in [0.717, 1.165) is 10.8 Å². The third-order valence-electron chi connectivity index (χ3n) is 2.36. The number of aromatic hydroxyl groups is 1. The number of hydrogen-bond donors (Lipinski definition) is 4. The van der Waals surface area contributed by atoms with E-state index in [0.29, 0.717) is 5.56 Å². The molecule has 0 aromatic heterocycles. The van der Waals surface area contributed by atoms with Crippen LogP contribution < -0.4 is 16.3 Å². The molecular weight excluding hydrogens is 234 g/mol. The molecule has 0 amide bonds. The van der Waals surface area contributed by atoms with Gasteiger partial charge in [0, 0.05) is 0 Å².